The van der Waals surface area contributed by atoms with E-state index in [0.717, 1.165) is 101 Å². The number of hydrogen-bond donors (Lipinski definition) is 3. The zero-order valence-corrected chi connectivity index (χ0v) is 22.5. The maximum atomic E-state index is 9.96. The molecule has 0 aromatic carbocycles. The minimum Gasteiger partial charge on any atom is -0.393 e. The molecule has 4 aliphatic rings. The fraction of sp³-hybridized carbons (Fsp3) is 0.679. The molecule has 7 rings (SSSR count). The first-order valence-electron chi connectivity index (χ1n) is 14.7. The molecular formula is C28H40N8O3. The van der Waals surface area contributed by atoms with Crippen LogP contribution in [0.5, 0.6) is 0 Å². The minimum absolute atomic E-state index is 0.214. The van der Waals surface area contributed by atoms with Crippen LogP contribution in [0.4, 0.5) is 17.5 Å². The Labute approximate surface area is 228 Å². The second-order valence-electron chi connectivity index (χ2n) is 11.6. The Kier molecular flexibility index (Phi) is 7.14. The summed E-state index contributed by atoms with van der Waals surface area (Å²) in [5.41, 5.74) is 2.83. The Balaban J connectivity index is 1.11. The third-order valence-electron chi connectivity index (χ3n) is 9.07. The van der Waals surface area contributed by atoms with Crippen LogP contribution in [0.3, 0.4) is 0 Å². The van der Waals surface area contributed by atoms with Gasteiger partial charge in [0.15, 0.2) is 5.82 Å². The first-order valence-corrected chi connectivity index (χ1v) is 14.7. The van der Waals surface area contributed by atoms with Crippen molar-refractivity contribution >= 4 is 28.5 Å². The summed E-state index contributed by atoms with van der Waals surface area (Å²) >= 11 is 0. The van der Waals surface area contributed by atoms with E-state index in [0.29, 0.717) is 24.1 Å². The van der Waals surface area contributed by atoms with E-state index >= 15 is 0 Å². The van der Waals surface area contributed by atoms with Gasteiger partial charge in [-0.3, -0.25) is 9.58 Å². The van der Waals surface area contributed by atoms with Gasteiger partial charge in [0.05, 0.1) is 42.8 Å². The van der Waals surface area contributed by atoms with Gasteiger partial charge in [0.2, 0.25) is 5.95 Å². The molecule has 2 saturated carbocycles. The highest BCUT2D eigenvalue weighted by Gasteiger charge is 2.32. The summed E-state index contributed by atoms with van der Waals surface area (Å²) in [7, 11) is 0. The number of hydrogen-bond acceptors (Lipinski definition) is 9. The lowest BCUT2D eigenvalue weighted by Gasteiger charge is -2.39. The van der Waals surface area contributed by atoms with Gasteiger partial charge in [-0.25, -0.2) is 4.98 Å². The first kappa shape index (κ1) is 25.3. The number of ether oxygens (including phenoxy) is 2. The molecule has 2 aliphatic carbocycles. The lowest BCUT2D eigenvalue weighted by molar-refractivity contribution is 0.00790. The number of aromatic nitrogens is 5. The number of aliphatic hydroxyl groups is 1. The zero-order valence-electron chi connectivity index (χ0n) is 22.5. The van der Waals surface area contributed by atoms with Gasteiger partial charge < -0.3 is 29.8 Å². The molecule has 0 radical (unpaired) electrons. The minimum atomic E-state index is -0.214. The number of aliphatic hydroxyl groups excluding tert-OH is 1. The number of fused-ring (bicyclic) bond motifs is 1. The first-order chi connectivity index (χ1) is 19.2. The molecule has 3 aromatic rings. The van der Waals surface area contributed by atoms with Crippen LogP contribution in [-0.2, 0) is 9.47 Å². The summed E-state index contributed by atoms with van der Waals surface area (Å²) in [5, 5.41) is 21.8. The third-order valence-corrected chi connectivity index (χ3v) is 9.07. The van der Waals surface area contributed by atoms with Crippen molar-refractivity contribution < 1.29 is 14.6 Å². The fourth-order valence-corrected chi connectivity index (χ4v) is 6.72. The van der Waals surface area contributed by atoms with Crippen molar-refractivity contribution in [3.05, 3.63) is 24.7 Å². The molecule has 11 nitrogen and oxygen atoms in total. The monoisotopic (exact) mass is 536 g/mol. The Hall–Kier alpha value is -2.73. The number of nitrogens with zero attached hydrogens (tertiary/aromatic N) is 6. The van der Waals surface area contributed by atoms with Gasteiger partial charge in [0.1, 0.15) is 5.52 Å². The van der Waals surface area contributed by atoms with E-state index in [2.05, 4.69) is 37.5 Å². The van der Waals surface area contributed by atoms with Crippen LogP contribution in [0.2, 0.25) is 0 Å². The Morgan fingerprint density at radius 3 is 2.41 bits per heavy atom. The van der Waals surface area contributed by atoms with E-state index in [9.17, 15) is 5.11 Å². The van der Waals surface area contributed by atoms with Crippen LogP contribution in [0.1, 0.15) is 63.5 Å². The van der Waals surface area contributed by atoms with E-state index in [-0.39, 0.29) is 12.1 Å². The van der Waals surface area contributed by atoms with Crippen LogP contribution >= 0.6 is 0 Å². The average molecular weight is 537 g/mol. The van der Waals surface area contributed by atoms with E-state index in [1.165, 1.54) is 12.8 Å². The molecule has 3 N–H and O–H groups in total. The SMILES string of the molecule is OC1CC(n2ccc3nc(Nc4cnn(C5CCOCC5)c4)nc(NC4CCC(N5CCOCC5)CC4)c32)C1. The molecule has 11 heteroatoms. The van der Waals surface area contributed by atoms with Crippen molar-refractivity contribution in [1.29, 1.82) is 0 Å². The normalized spacial score (nSPS) is 28.8. The van der Waals surface area contributed by atoms with Gasteiger partial charge in [-0.15, -0.1) is 0 Å². The van der Waals surface area contributed by atoms with Crippen molar-refractivity contribution in [3.63, 3.8) is 0 Å². The predicted molar refractivity (Wildman–Crippen MR) is 148 cm³/mol. The summed E-state index contributed by atoms with van der Waals surface area (Å²) in [6.45, 7) is 5.38. The standard InChI is InChI=1S/C28H40N8O3/c37-24-15-23(16-24)35-8-5-25-26(35)27(30-19-1-3-21(4-2-19)34-9-13-39-14-10-34)33-28(32-25)31-20-17-29-36(18-20)22-6-11-38-12-7-22/h5,8,17-19,21-24,37H,1-4,6-7,9-16H2,(H2,30,31,32,33). The number of anilines is 3. The Morgan fingerprint density at radius 2 is 1.64 bits per heavy atom. The second kappa shape index (κ2) is 11.0. The summed E-state index contributed by atoms with van der Waals surface area (Å²) in [5.74, 6) is 1.45. The maximum Gasteiger partial charge on any atom is 0.229 e. The van der Waals surface area contributed by atoms with Crippen LogP contribution in [0.15, 0.2) is 24.7 Å². The summed E-state index contributed by atoms with van der Waals surface area (Å²) in [6, 6.07) is 3.75. The van der Waals surface area contributed by atoms with Crippen molar-refractivity contribution in [2.24, 2.45) is 0 Å². The fourth-order valence-electron chi connectivity index (χ4n) is 6.72. The predicted octanol–water partition coefficient (Wildman–Crippen LogP) is 3.47. The van der Waals surface area contributed by atoms with Gasteiger partial charge in [-0.05, 0) is 57.4 Å². The van der Waals surface area contributed by atoms with Crippen LogP contribution < -0.4 is 10.6 Å². The highest BCUT2D eigenvalue weighted by atomic mass is 16.5. The van der Waals surface area contributed by atoms with Crippen LogP contribution in [0.25, 0.3) is 11.0 Å². The Bertz CT molecular complexity index is 1250. The Morgan fingerprint density at radius 1 is 0.872 bits per heavy atom. The third kappa shape index (κ3) is 5.37. The molecule has 0 unspecified atom stereocenters. The smallest absolute Gasteiger partial charge is 0.229 e. The highest BCUT2D eigenvalue weighted by molar-refractivity contribution is 5.88. The summed E-state index contributed by atoms with van der Waals surface area (Å²) in [6.07, 6.45) is 13.9. The van der Waals surface area contributed by atoms with Gasteiger partial charge in [0.25, 0.3) is 0 Å². The quantitative estimate of drug-likeness (QED) is 0.418. The average Bonchev–Trinajstić information content (AvgIpc) is 3.60. The van der Waals surface area contributed by atoms with E-state index < -0.39 is 0 Å². The van der Waals surface area contributed by atoms with Crippen molar-refractivity contribution in [2.45, 2.75) is 81.6 Å². The summed E-state index contributed by atoms with van der Waals surface area (Å²) < 4.78 is 15.4. The molecule has 0 amide bonds. The molecule has 0 bridgehead atoms. The van der Waals surface area contributed by atoms with Gasteiger partial charge in [-0.1, -0.05) is 0 Å². The molecule has 2 saturated heterocycles. The number of nitrogens with one attached hydrogen (secondary N) is 2. The lowest BCUT2D eigenvalue weighted by Crippen LogP contribution is -2.46. The zero-order chi connectivity index (χ0) is 26.2. The van der Waals surface area contributed by atoms with Gasteiger partial charge >= 0.3 is 0 Å². The molecule has 0 atom stereocenters. The molecule has 5 heterocycles. The van der Waals surface area contributed by atoms with Crippen LogP contribution in [0, 0.1) is 0 Å². The second-order valence-corrected chi connectivity index (χ2v) is 11.6. The molecule has 2 aliphatic heterocycles. The summed E-state index contributed by atoms with van der Waals surface area (Å²) in [4.78, 5) is 12.5. The molecule has 3 aromatic heterocycles. The highest BCUT2D eigenvalue weighted by Crippen LogP contribution is 2.38. The van der Waals surface area contributed by atoms with Gasteiger partial charge in [0, 0.05) is 56.8 Å². The van der Waals surface area contributed by atoms with E-state index in [4.69, 9.17) is 19.4 Å². The molecule has 4 fully saturated rings. The van der Waals surface area contributed by atoms with Crippen molar-refractivity contribution in [3.8, 4) is 0 Å². The van der Waals surface area contributed by atoms with E-state index in [1.807, 2.05) is 17.1 Å². The van der Waals surface area contributed by atoms with Gasteiger partial charge in [-0.2, -0.15) is 10.1 Å². The number of rotatable bonds is 7. The molecule has 39 heavy (non-hydrogen) atoms. The maximum absolute atomic E-state index is 9.96. The van der Waals surface area contributed by atoms with Crippen molar-refractivity contribution in [1.82, 2.24) is 29.2 Å². The van der Waals surface area contributed by atoms with Crippen LogP contribution in [-0.4, -0.2) is 92.0 Å². The topological polar surface area (TPSA) is 115 Å². The molecular weight excluding hydrogens is 496 g/mol. The number of morpholine rings is 1. The molecule has 210 valence electrons. The lowest BCUT2D eigenvalue weighted by atomic mass is 9.89. The van der Waals surface area contributed by atoms with Crippen molar-refractivity contribution in [2.75, 3.05) is 50.2 Å². The molecule has 0 spiro atoms. The largest absolute Gasteiger partial charge is 0.393 e. The van der Waals surface area contributed by atoms with E-state index in [1.54, 1.807) is 0 Å².